The lowest BCUT2D eigenvalue weighted by molar-refractivity contribution is -0.122. The number of benzene rings is 1. The molecule has 0 spiro atoms. The molecule has 1 N–H and O–H groups in total. The summed E-state index contributed by atoms with van der Waals surface area (Å²) in [7, 11) is 0. The van der Waals surface area contributed by atoms with E-state index in [0.717, 1.165) is 37.4 Å². The van der Waals surface area contributed by atoms with Gasteiger partial charge in [0.15, 0.2) is 11.7 Å². The standard InChI is InChI=1S/C24H32FN3O2/c25-20-8-6-19(7-9-20)22-16-26-24(30-22)11-10-23(29)27-21-12-14-28(15-13-21)17-18-4-2-1-3-5-18/h6-9,16,18,21H,1-5,10-15,17H2,(H,27,29). The summed E-state index contributed by atoms with van der Waals surface area (Å²) in [6.45, 7) is 3.41. The summed E-state index contributed by atoms with van der Waals surface area (Å²) in [6.07, 6.45) is 11.5. The second-order valence-electron chi connectivity index (χ2n) is 8.77. The number of rotatable bonds is 7. The molecule has 4 rings (SSSR count). The van der Waals surface area contributed by atoms with Gasteiger partial charge in [-0.2, -0.15) is 0 Å². The fourth-order valence-corrected chi connectivity index (χ4v) is 4.69. The van der Waals surface area contributed by atoms with Gasteiger partial charge in [0.05, 0.1) is 6.20 Å². The maximum atomic E-state index is 13.0. The first-order valence-corrected chi connectivity index (χ1v) is 11.4. The third-order valence-corrected chi connectivity index (χ3v) is 6.44. The van der Waals surface area contributed by atoms with Crippen LogP contribution in [0.15, 0.2) is 34.9 Å². The Morgan fingerprint density at radius 1 is 1.10 bits per heavy atom. The van der Waals surface area contributed by atoms with Crippen molar-refractivity contribution in [1.82, 2.24) is 15.2 Å². The van der Waals surface area contributed by atoms with Crippen LogP contribution in [0.2, 0.25) is 0 Å². The van der Waals surface area contributed by atoms with Crippen molar-refractivity contribution in [2.75, 3.05) is 19.6 Å². The largest absolute Gasteiger partial charge is 0.441 e. The Morgan fingerprint density at radius 3 is 2.57 bits per heavy atom. The lowest BCUT2D eigenvalue weighted by Crippen LogP contribution is -2.46. The fraction of sp³-hybridized carbons (Fsp3) is 0.583. The molecule has 30 heavy (non-hydrogen) atoms. The van der Waals surface area contributed by atoms with E-state index >= 15 is 0 Å². The van der Waals surface area contributed by atoms with Crippen LogP contribution >= 0.6 is 0 Å². The third-order valence-electron chi connectivity index (χ3n) is 6.44. The number of halogens is 1. The van der Waals surface area contributed by atoms with E-state index in [4.69, 9.17) is 4.42 Å². The van der Waals surface area contributed by atoms with Crippen molar-refractivity contribution in [3.05, 3.63) is 42.2 Å². The number of oxazole rings is 1. The van der Waals surface area contributed by atoms with Crippen LogP contribution in [0.5, 0.6) is 0 Å². The molecular weight excluding hydrogens is 381 g/mol. The van der Waals surface area contributed by atoms with Crippen LogP contribution in [0.3, 0.4) is 0 Å². The van der Waals surface area contributed by atoms with Crippen molar-refractivity contribution in [3.63, 3.8) is 0 Å². The summed E-state index contributed by atoms with van der Waals surface area (Å²) in [5, 5.41) is 3.18. The van der Waals surface area contributed by atoms with E-state index in [-0.39, 0.29) is 17.8 Å². The van der Waals surface area contributed by atoms with Crippen LogP contribution in [-0.2, 0) is 11.2 Å². The van der Waals surface area contributed by atoms with Crippen LogP contribution in [0.4, 0.5) is 4.39 Å². The second-order valence-corrected chi connectivity index (χ2v) is 8.77. The van der Waals surface area contributed by atoms with Gasteiger partial charge in [0, 0.05) is 44.1 Å². The molecule has 1 saturated heterocycles. The number of carbonyl (C=O) groups excluding carboxylic acids is 1. The van der Waals surface area contributed by atoms with Gasteiger partial charge in [0.2, 0.25) is 5.91 Å². The number of nitrogens with one attached hydrogen (secondary N) is 1. The third kappa shape index (κ3) is 5.91. The topological polar surface area (TPSA) is 58.4 Å². The first-order chi connectivity index (χ1) is 14.7. The van der Waals surface area contributed by atoms with E-state index < -0.39 is 0 Å². The van der Waals surface area contributed by atoms with Gasteiger partial charge in [-0.1, -0.05) is 19.3 Å². The fourth-order valence-electron chi connectivity index (χ4n) is 4.69. The molecule has 0 bridgehead atoms. The number of carbonyl (C=O) groups is 1. The minimum absolute atomic E-state index is 0.0577. The first-order valence-electron chi connectivity index (χ1n) is 11.4. The summed E-state index contributed by atoms with van der Waals surface area (Å²) in [4.78, 5) is 19.2. The molecule has 1 amide bonds. The average molecular weight is 414 g/mol. The molecule has 5 nitrogen and oxygen atoms in total. The minimum Gasteiger partial charge on any atom is -0.441 e. The Kier molecular flexibility index (Phi) is 7.16. The van der Waals surface area contributed by atoms with Crippen molar-refractivity contribution < 1.29 is 13.6 Å². The summed E-state index contributed by atoms with van der Waals surface area (Å²) in [6, 6.07) is 6.39. The van der Waals surface area contributed by atoms with E-state index in [9.17, 15) is 9.18 Å². The van der Waals surface area contributed by atoms with Gasteiger partial charge in [-0.3, -0.25) is 4.79 Å². The zero-order valence-electron chi connectivity index (χ0n) is 17.6. The number of aryl methyl sites for hydroxylation is 1. The molecule has 1 aromatic carbocycles. The second kappa shape index (κ2) is 10.2. The van der Waals surface area contributed by atoms with Crippen LogP contribution in [0.1, 0.15) is 57.3 Å². The summed E-state index contributed by atoms with van der Waals surface area (Å²) < 4.78 is 18.8. The van der Waals surface area contributed by atoms with E-state index in [1.807, 2.05) is 0 Å². The maximum Gasteiger partial charge on any atom is 0.220 e. The molecule has 1 aliphatic heterocycles. The number of likely N-dealkylation sites (tertiary alicyclic amines) is 1. The van der Waals surface area contributed by atoms with Gasteiger partial charge >= 0.3 is 0 Å². The van der Waals surface area contributed by atoms with Crippen molar-refractivity contribution in [3.8, 4) is 11.3 Å². The molecule has 2 aromatic rings. The van der Waals surface area contributed by atoms with Crippen molar-refractivity contribution in [2.45, 2.75) is 63.8 Å². The van der Waals surface area contributed by atoms with Crippen LogP contribution < -0.4 is 5.32 Å². The molecule has 1 aromatic heterocycles. The normalized spacial score (nSPS) is 19.1. The maximum absolute atomic E-state index is 13.0. The molecule has 1 saturated carbocycles. The quantitative estimate of drug-likeness (QED) is 0.722. The van der Waals surface area contributed by atoms with Gasteiger partial charge in [0.1, 0.15) is 5.82 Å². The molecule has 2 heterocycles. The van der Waals surface area contributed by atoms with Gasteiger partial charge in [0.25, 0.3) is 0 Å². The van der Waals surface area contributed by atoms with Crippen molar-refractivity contribution >= 4 is 5.91 Å². The molecule has 2 fully saturated rings. The van der Waals surface area contributed by atoms with Crippen LogP contribution in [0.25, 0.3) is 11.3 Å². The Labute approximate surface area is 178 Å². The van der Waals surface area contributed by atoms with Crippen LogP contribution in [0, 0.1) is 11.7 Å². The highest BCUT2D eigenvalue weighted by Crippen LogP contribution is 2.25. The Hall–Kier alpha value is -2.21. The Morgan fingerprint density at radius 2 is 1.83 bits per heavy atom. The molecule has 0 atom stereocenters. The van der Waals surface area contributed by atoms with Gasteiger partial charge in [-0.05, 0) is 55.9 Å². The van der Waals surface area contributed by atoms with Crippen molar-refractivity contribution in [1.29, 1.82) is 0 Å². The summed E-state index contributed by atoms with van der Waals surface area (Å²) in [5.41, 5.74) is 0.777. The lowest BCUT2D eigenvalue weighted by atomic mass is 9.88. The Bertz CT molecular complexity index is 806. The van der Waals surface area contributed by atoms with E-state index in [0.29, 0.717) is 24.5 Å². The molecule has 2 aliphatic rings. The molecular formula is C24H32FN3O2. The summed E-state index contributed by atoms with van der Waals surface area (Å²) >= 11 is 0. The highest BCUT2D eigenvalue weighted by Gasteiger charge is 2.23. The lowest BCUT2D eigenvalue weighted by Gasteiger charge is -2.35. The molecule has 0 radical (unpaired) electrons. The van der Waals surface area contributed by atoms with Gasteiger partial charge < -0.3 is 14.6 Å². The molecule has 6 heteroatoms. The number of piperidine rings is 1. The predicted molar refractivity (Wildman–Crippen MR) is 114 cm³/mol. The van der Waals surface area contributed by atoms with E-state index in [2.05, 4.69) is 15.2 Å². The Balaban J connectivity index is 1.16. The number of hydrogen-bond donors (Lipinski definition) is 1. The summed E-state index contributed by atoms with van der Waals surface area (Å²) in [5.74, 6) is 1.78. The molecule has 0 unspecified atom stereocenters. The number of nitrogens with zero attached hydrogens (tertiary/aromatic N) is 2. The highest BCUT2D eigenvalue weighted by atomic mass is 19.1. The zero-order valence-corrected chi connectivity index (χ0v) is 17.6. The highest BCUT2D eigenvalue weighted by molar-refractivity contribution is 5.76. The first kappa shape index (κ1) is 21.0. The number of amides is 1. The average Bonchev–Trinajstić information content (AvgIpc) is 3.24. The SMILES string of the molecule is O=C(CCc1ncc(-c2ccc(F)cc2)o1)NC1CCN(CC2CCCCC2)CC1. The molecule has 162 valence electrons. The zero-order chi connectivity index (χ0) is 20.8. The smallest absolute Gasteiger partial charge is 0.220 e. The number of hydrogen-bond acceptors (Lipinski definition) is 4. The number of aromatic nitrogens is 1. The van der Waals surface area contributed by atoms with E-state index in [1.54, 1.807) is 18.3 Å². The molecule has 1 aliphatic carbocycles. The van der Waals surface area contributed by atoms with Gasteiger partial charge in [-0.15, -0.1) is 0 Å². The predicted octanol–water partition coefficient (Wildman–Crippen LogP) is 4.57. The minimum atomic E-state index is -0.282. The van der Waals surface area contributed by atoms with Gasteiger partial charge in [-0.25, -0.2) is 9.37 Å². The van der Waals surface area contributed by atoms with Crippen LogP contribution in [-0.4, -0.2) is 41.5 Å². The van der Waals surface area contributed by atoms with Crippen molar-refractivity contribution in [2.24, 2.45) is 5.92 Å². The monoisotopic (exact) mass is 413 g/mol. The van der Waals surface area contributed by atoms with E-state index in [1.165, 1.54) is 50.8 Å².